The number of hydrogen-bond donors (Lipinski definition) is 0. The molecule has 0 spiro atoms. The fourth-order valence-electron chi connectivity index (χ4n) is 1.97. The Morgan fingerprint density at radius 3 is 2.16 bits per heavy atom. The molecule has 0 aromatic heterocycles. The summed E-state index contributed by atoms with van der Waals surface area (Å²) in [5, 5.41) is 0. The summed E-state index contributed by atoms with van der Waals surface area (Å²) in [7, 11) is 0. The van der Waals surface area contributed by atoms with Crippen molar-refractivity contribution in [2.24, 2.45) is 0 Å². The van der Waals surface area contributed by atoms with Crippen LogP contribution in [0.15, 0.2) is 66.4 Å². The molecule has 0 radical (unpaired) electrons. The molecule has 0 amide bonds. The van der Waals surface area contributed by atoms with Crippen LogP contribution in [0.1, 0.15) is 15.9 Å². The lowest BCUT2D eigenvalue weighted by Crippen LogP contribution is -2.05. The summed E-state index contributed by atoms with van der Waals surface area (Å²) < 4.78 is 10.8. The van der Waals surface area contributed by atoms with Crippen LogP contribution in [-0.2, 0) is 9.47 Å². The molecule has 3 rings (SSSR count). The number of rotatable bonds is 3. The highest BCUT2D eigenvalue weighted by Crippen LogP contribution is 2.28. The Morgan fingerprint density at radius 1 is 0.842 bits per heavy atom. The number of benzene rings is 2. The maximum atomic E-state index is 12.4. The molecule has 1 aliphatic rings. The summed E-state index contributed by atoms with van der Waals surface area (Å²) in [5.41, 5.74) is 1.44. The van der Waals surface area contributed by atoms with Gasteiger partial charge in [-0.05, 0) is 0 Å². The fraction of sp³-hybridized carbons (Fsp3) is 0.0625. The molecular formula is C16H12O3. The van der Waals surface area contributed by atoms with Crippen LogP contribution in [0.2, 0.25) is 0 Å². The maximum absolute atomic E-state index is 12.4. The molecule has 0 bridgehead atoms. The average molecular weight is 252 g/mol. The monoisotopic (exact) mass is 252 g/mol. The molecule has 0 aliphatic carbocycles. The standard InChI is InChI=1S/C16H12O3/c17-14(12-7-3-1-4-8-12)16-15(18-11-19-16)13-9-5-2-6-10-13/h1-10H,11H2. The summed E-state index contributed by atoms with van der Waals surface area (Å²) in [6.45, 7) is 0.0815. The fourth-order valence-corrected chi connectivity index (χ4v) is 1.97. The van der Waals surface area contributed by atoms with Crippen molar-refractivity contribution in [1.82, 2.24) is 0 Å². The van der Waals surface area contributed by atoms with Gasteiger partial charge < -0.3 is 9.47 Å². The van der Waals surface area contributed by atoms with E-state index < -0.39 is 0 Å². The van der Waals surface area contributed by atoms with Crippen LogP contribution in [0.3, 0.4) is 0 Å². The quantitative estimate of drug-likeness (QED) is 0.787. The second kappa shape index (κ2) is 4.98. The third kappa shape index (κ3) is 2.22. The van der Waals surface area contributed by atoms with Crippen molar-refractivity contribution < 1.29 is 14.3 Å². The summed E-state index contributed by atoms with van der Waals surface area (Å²) in [4.78, 5) is 12.4. The third-order valence-electron chi connectivity index (χ3n) is 2.89. The van der Waals surface area contributed by atoms with Gasteiger partial charge in [0.1, 0.15) is 0 Å². The van der Waals surface area contributed by atoms with Crippen molar-refractivity contribution >= 4 is 11.5 Å². The Kier molecular flexibility index (Phi) is 3.02. The van der Waals surface area contributed by atoms with E-state index in [0.29, 0.717) is 11.3 Å². The van der Waals surface area contributed by atoms with E-state index in [9.17, 15) is 4.79 Å². The van der Waals surface area contributed by atoms with Gasteiger partial charge in [0.25, 0.3) is 0 Å². The van der Waals surface area contributed by atoms with Crippen LogP contribution in [-0.4, -0.2) is 12.6 Å². The minimum atomic E-state index is -0.156. The Bertz CT molecular complexity index is 615. The van der Waals surface area contributed by atoms with E-state index in [-0.39, 0.29) is 18.3 Å². The Hall–Kier alpha value is -2.55. The van der Waals surface area contributed by atoms with Gasteiger partial charge in [-0.3, -0.25) is 4.79 Å². The molecule has 0 unspecified atom stereocenters. The molecule has 3 heteroatoms. The maximum Gasteiger partial charge on any atom is 0.231 e. The zero-order valence-electron chi connectivity index (χ0n) is 10.2. The predicted molar refractivity (Wildman–Crippen MR) is 71.2 cm³/mol. The van der Waals surface area contributed by atoms with Crippen LogP contribution in [0, 0.1) is 0 Å². The summed E-state index contributed by atoms with van der Waals surface area (Å²) >= 11 is 0. The van der Waals surface area contributed by atoms with E-state index in [1.54, 1.807) is 12.1 Å². The molecule has 0 N–H and O–H groups in total. The molecule has 3 nitrogen and oxygen atoms in total. The van der Waals surface area contributed by atoms with Gasteiger partial charge in [-0.1, -0.05) is 60.7 Å². The highest BCUT2D eigenvalue weighted by molar-refractivity contribution is 6.11. The van der Waals surface area contributed by atoms with Gasteiger partial charge in [0.15, 0.2) is 5.76 Å². The lowest BCUT2D eigenvalue weighted by molar-refractivity contribution is 0.0717. The molecule has 0 fully saturated rings. The molecule has 19 heavy (non-hydrogen) atoms. The second-order valence-corrected chi connectivity index (χ2v) is 4.13. The number of carbonyl (C=O) groups is 1. The van der Waals surface area contributed by atoms with Crippen LogP contribution in [0.25, 0.3) is 5.76 Å². The Morgan fingerprint density at radius 2 is 1.47 bits per heavy atom. The van der Waals surface area contributed by atoms with Crippen LogP contribution in [0.4, 0.5) is 0 Å². The van der Waals surface area contributed by atoms with Gasteiger partial charge in [-0.2, -0.15) is 0 Å². The zero-order valence-corrected chi connectivity index (χ0v) is 10.2. The largest absolute Gasteiger partial charge is 0.453 e. The minimum absolute atomic E-state index is 0.0815. The summed E-state index contributed by atoms with van der Waals surface area (Å²) in [5.74, 6) is 0.629. The van der Waals surface area contributed by atoms with E-state index in [1.807, 2.05) is 48.5 Å². The topological polar surface area (TPSA) is 35.5 Å². The van der Waals surface area contributed by atoms with Gasteiger partial charge in [-0.25, -0.2) is 0 Å². The van der Waals surface area contributed by atoms with Gasteiger partial charge in [-0.15, -0.1) is 0 Å². The first-order valence-electron chi connectivity index (χ1n) is 6.01. The number of allylic oxidation sites excluding steroid dienone is 1. The van der Waals surface area contributed by atoms with E-state index in [4.69, 9.17) is 9.47 Å². The van der Waals surface area contributed by atoms with Crippen molar-refractivity contribution in [3.8, 4) is 0 Å². The smallest absolute Gasteiger partial charge is 0.231 e. The average Bonchev–Trinajstić information content (AvgIpc) is 2.98. The molecule has 94 valence electrons. The molecule has 0 atom stereocenters. The van der Waals surface area contributed by atoms with E-state index in [2.05, 4.69) is 0 Å². The first-order chi connectivity index (χ1) is 9.36. The van der Waals surface area contributed by atoms with Crippen LogP contribution >= 0.6 is 0 Å². The van der Waals surface area contributed by atoms with Crippen molar-refractivity contribution in [1.29, 1.82) is 0 Å². The van der Waals surface area contributed by atoms with Crippen molar-refractivity contribution in [3.63, 3.8) is 0 Å². The lowest BCUT2D eigenvalue weighted by Gasteiger charge is -2.03. The van der Waals surface area contributed by atoms with E-state index >= 15 is 0 Å². The number of ketones is 1. The molecule has 0 saturated heterocycles. The third-order valence-corrected chi connectivity index (χ3v) is 2.89. The van der Waals surface area contributed by atoms with Crippen LogP contribution < -0.4 is 0 Å². The zero-order chi connectivity index (χ0) is 13.1. The second-order valence-electron chi connectivity index (χ2n) is 4.13. The first-order valence-corrected chi connectivity index (χ1v) is 6.01. The number of Topliss-reactive ketones (excluding diaryl/α,β-unsaturated/α-hetero) is 1. The van der Waals surface area contributed by atoms with Gasteiger partial charge >= 0.3 is 0 Å². The van der Waals surface area contributed by atoms with Crippen LogP contribution in [0.5, 0.6) is 0 Å². The molecular weight excluding hydrogens is 240 g/mol. The van der Waals surface area contributed by atoms with Gasteiger partial charge in [0, 0.05) is 11.1 Å². The predicted octanol–water partition coefficient (Wildman–Crippen LogP) is 3.24. The summed E-state index contributed by atoms with van der Waals surface area (Å²) in [6, 6.07) is 18.5. The van der Waals surface area contributed by atoms with Crippen molar-refractivity contribution in [3.05, 3.63) is 77.5 Å². The molecule has 1 aliphatic heterocycles. The molecule has 2 aromatic carbocycles. The summed E-state index contributed by atoms with van der Waals surface area (Å²) in [6.07, 6.45) is 0. The Balaban J connectivity index is 2.01. The molecule has 2 aromatic rings. The SMILES string of the molecule is O=C(C1=C(c2ccccc2)OCO1)c1ccccc1. The normalized spacial score (nSPS) is 13.9. The van der Waals surface area contributed by atoms with E-state index in [0.717, 1.165) is 5.56 Å². The minimum Gasteiger partial charge on any atom is -0.453 e. The first kappa shape index (κ1) is 11.5. The lowest BCUT2D eigenvalue weighted by atomic mass is 10.1. The number of carbonyl (C=O) groups excluding carboxylic acids is 1. The molecule has 1 heterocycles. The number of hydrogen-bond acceptors (Lipinski definition) is 3. The number of ether oxygens (including phenoxy) is 2. The van der Waals surface area contributed by atoms with Gasteiger partial charge in [0.2, 0.25) is 18.3 Å². The van der Waals surface area contributed by atoms with E-state index in [1.165, 1.54) is 0 Å². The highest BCUT2D eigenvalue weighted by Gasteiger charge is 2.26. The van der Waals surface area contributed by atoms with Crippen molar-refractivity contribution in [2.75, 3.05) is 6.79 Å². The highest BCUT2D eigenvalue weighted by atomic mass is 16.7. The van der Waals surface area contributed by atoms with Crippen molar-refractivity contribution in [2.45, 2.75) is 0 Å². The molecule has 0 saturated carbocycles. The Labute approximate surface area is 111 Å². The van der Waals surface area contributed by atoms with Gasteiger partial charge in [0.05, 0.1) is 0 Å².